The number of nitriles is 2. The van der Waals surface area contributed by atoms with Gasteiger partial charge in [-0.15, -0.1) is 0 Å². The Morgan fingerprint density at radius 3 is 2.62 bits per heavy atom. The van der Waals surface area contributed by atoms with E-state index < -0.39 is 41.7 Å². The molecule has 0 spiro atoms. The van der Waals surface area contributed by atoms with E-state index >= 15 is 4.39 Å². The molecule has 0 bridgehead atoms. The van der Waals surface area contributed by atoms with Crippen molar-refractivity contribution in [1.82, 2.24) is 14.7 Å². The van der Waals surface area contributed by atoms with Gasteiger partial charge in [0, 0.05) is 60.1 Å². The molecule has 0 N–H and O–H groups in total. The molecule has 4 aliphatic heterocycles. The van der Waals surface area contributed by atoms with E-state index in [0.717, 1.165) is 5.39 Å². The van der Waals surface area contributed by atoms with Gasteiger partial charge in [0.2, 0.25) is 5.90 Å². The quantitative estimate of drug-likeness (QED) is 0.386. The molecule has 4 aliphatic rings. The Labute approximate surface area is 275 Å². The lowest BCUT2D eigenvalue weighted by molar-refractivity contribution is -0.133. The molecule has 2 unspecified atom stereocenters. The summed E-state index contributed by atoms with van der Waals surface area (Å²) in [5.74, 6) is -3.63. The molecule has 0 saturated carbocycles. The van der Waals surface area contributed by atoms with Crippen LogP contribution in [0.25, 0.3) is 16.5 Å². The number of amides is 1. The van der Waals surface area contributed by atoms with Crippen LogP contribution < -0.4 is 0 Å². The second kappa shape index (κ2) is 13.2. The molecule has 13 heteroatoms. The van der Waals surface area contributed by atoms with Gasteiger partial charge in [-0.05, 0) is 24.9 Å². The minimum Gasteiger partial charge on any atom is -0.475 e. The number of hydrogen-bond acceptors (Lipinski definition) is 8. The van der Waals surface area contributed by atoms with E-state index in [1.54, 1.807) is 42.4 Å². The predicted octanol–water partition coefficient (Wildman–Crippen LogP) is 5.36. The first-order chi connectivity index (χ1) is 22.6. The Bertz CT molecular complexity index is 1840. The Morgan fingerprint density at radius 2 is 1.94 bits per heavy atom. The summed E-state index contributed by atoms with van der Waals surface area (Å²) in [6.07, 6.45) is 0.662. The number of fused-ring (bicyclic) bond motifs is 2. The van der Waals surface area contributed by atoms with Crippen molar-refractivity contribution in [2.75, 3.05) is 39.8 Å². The summed E-state index contributed by atoms with van der Waals surface area (Å²) >= 11 is 6.57. The number of halogens is 4. The second-order valence-electron chi connectivity index (χ2n) is 12.0. The smallest absolute Gasteiger partial charge is 0.282 e. The number of carbonyl (C=O) groups is 1. The number of dihydropyridines is 1. The summed E-state index contributed by atoms with van der Waals surface area (Å²) < 4.78 is 50.9. The molecule has 4 heterocycles. The van der Waals surface area contributed by atoms with E-state index in [1.165, 1.54) is 4.90 Å². The zero-order chi connectivity index (χ0) is 33.4. The summed E-state index contributed by atoms with van der Waals surface area (Å²) in [6, 6.07) is 12.8. The maximum absolute atomic E-state index is 16.8. The highest BCUT2D eigenvalue weighted by Crippen LogP contribution is 2.42. The lowest BCUT2D eigenvalue weighted by Gasteiger charge is -2.45. The number of piperazine rings is 1. The fourth-order valence-corrected chi connectivity index (χ4v) is 7.14. The van der Waals surface area contributed by atoms with Crippen LogP contribution in [0.15, 0.2) is 75.9 Å². The van der Waals surface area contributed by atoms with E-state index in [-0.39, 0.29) is 68.8 Å². The van der Waals surface area contributed by atoms with E-state index in [9.17, 15) is 24.1 Å². The fourth-order valence-electron chi connectivity index (χ4n) is 6.85. The van der Waals surface area contributed by atoms with Crippen LogP contribution in [-0.4, -0.2) is 96.9 Å². The molecule has 0 aromatic heterocycles. The fraction of sp³-hybridized carbons (Fsp3) is 0.382. The molecule has 47 heavy (non-hydrogen) atoms. The van der Waals surface area contributed by atoms with Crippen molar-refractivity contribution in [3.63, 3.8) is 0 Å². The van der Waals surface area contributed by atoms with Crippen LogP contribution in [0.4, 0.5) is 13.2 Å². The third-order valence-corrected chi connectivity index (χ3v) is 9.46. The molecule has 0 aliphatic carbocycles. The van der Waals surface area contributed by atoms with Gasteiger partial charge in [-0.3, -0.25) is 14.7 Å². The van der Waals surface area contributed by atoms with Crippen LogP contribution in [0.3, 0.4) is 0 Å². The summed E-state index contributed by atoms with van der Waals surface area (Å²) in [4.78, 5) is 26.6. The van der Waals surface area contributed by atoms with E-state index in [0.29, 0.717) is 21.7 Å². The number of likely N-dealkylation sites (N-methyl/N-ethyl adjacent to an activating group) is 1. The molecule has 0 radical (unpaired) electrons. The van der Waals surface area contributed by atoms with Crippen molar-refractivity contribution in [2.24, 2.45) is 15.9 Å². The largest absolute Gasteiger partial charge is 0.475 e. The molecule has 6 rings (SSSR count). The molecule has 9 nitrogen and oxygen atoms in total. The van der Waals surface area contributed by atoms with Gasteiger partial charge < -0.3 is 14.5 Å². The molecule has 2 aromatic carbocycles. The monoisotopic (exact) mass is 661 g/mol. The van der Waals surface area contributed by atoms with Crippen molar-refractivity contribution in [3.05, 3.63) is 76.5 Å². The molecule has 2 saturated heterocycles. The number of aliphatic imine (C=N–C) groups is 2. The van der Waals surface area contributed by atoms with Crippen molar-refractivity contribution in [1.29, 1.82) is 10.5 Å². The normalized spacial score (nSPS) is 26.2. The van der Waals surface area contributed by atoms with Gasteiger partial charge in [0.1, 0.15) is 36.2 Å². The highest BCUT2D eigenvalue weighted by molar-refractivity contribution is 6.36. The number of benzene rings is 2. The van der Waals surface area contributed by atoms with E-state index in [4.69, 9.17) is 16.3 Å². The molecule has 2 aromatic rings. The average Bonchev–Trinajstić information content (AvgIpc) is 3.39. The van der Waals surface area contributed by atoms with Crippen molar-refractivity contribution >= 4 is 46.1 Å². The average molecular weight is 662 g/mol. The number of nitrogens with zero attached hydrogens (tertiary/aromatic N) is 7. The van der Waals surface area contributed by atoms with Gasteiger partial charge in [-0.25, -0.2) is 18.2 Å². The third kappa shape index (κ3) is 5.99. The van der Waals surface area contributed by atoms with Gasteiger partial charge in [0.05, 0.1) is 24.4 Å². The molecular weight excluding hydrogens is 631 g/mol. The lowest BCUT2D eigenvalue weighted by Crippen LogP contribution is -2.56. The minimum absolute atomic E-state index is 0.0226. The molecule has 2 fully saturated rings. The zero-order valence-corrected chi connectivity index (χ0v) is 26.3. The summed E-state index contributed by atoms with van der Waals surface area (Å²) in [5.41, 5.74) is 0.935. The van der Waals surface area contributed by atoms with Crippen molar-refractivity contribution < 1.29 is 22.7 Å². The maximum atomic E-state index is 16.8. The standard InChI is InChI=1S/C34H31ClF3N7O2/c1-19(36)34(46)45-12-11-44(17-22(45)9-10-39)32-25(14-40)33(47-18-23-13-21(37)16-43(23)2)42-31-26(32)15-41-30(29(31)38)24-7-3-5-20-6-4-8-27(35)28(20)24/h3-8,15,21-23,26,31H,1,9,11-13,16-18H2,2H3/t21-,22+,23+,26?,31?/m1/s1. The lowest BCUT2D eigenvalue weighted by atomic mass is 9.85. The number of likely N-dealkylation sites (tertiary alicyclic amines) is 1. The zero-order valence-electron chi connectivity index (χ0n) is 25.5. The number of hydrogen-bond donors (Lipinski definition) is 0. The Morgan fingerprint density at radius 1 is 1.17 bits per heavy atom. The van der Waals surface area contributed by atoms with Gasteiger partial charge in [0.25, 0.3) is 5.91 Å². The SMILES string of the molecule is C=C(F)C(=O)N1CCN(C2=C(C#N)C(OC[C@@H]3C[C@@H](F)CN3C)=NC3C(F)=C(c4cccc5cccc(Cl)c45)N=CC23)C[C@@H]1CC#N. The van der Waals surface area contributed by atoms with E-state index in [2.05, 4.69) is 22.6 Å². The molecular formula is C34H31ClF3N7O2. The second-order valence-corrected chi connectivity index (χ2v) is 12.4. The number of rotatable bonds is 6. The van der Waals surface area contributed by atoms with Crippen LogP contribution >= 0.6 is 11.6 Å². The first-order valence-electron chi connectivity index (χ1n) is 15.2. The van der Waals surface area contributed by atoms with Gasteiger partial charge in [-0.1, -0.05) is 48.5 Å². The Balaban J connectivity index is 1.42. The molecule has 1 amide bonds. The van der Waals surface area contributed by atoms with Crippen LogP contribution in [0, 0.1) is 28.6 Å². The molecule has 242 valence electrons. The molecule has 5 atom stereocenters. The van der Waals surface area contributed by atoms with Crippen LogP contribution in [0.1, 0.15) is 18.4 Å². The predicted molar refractivity (Wildman–Crippen MR) is 172 cm³/mol. The first-order valence-corrected chi connectivity index (χ1v) is 15.6. The van der Waals surface area contributed by atoms with Crippen LogP contribution in [0.5, 0.6) is 0 Å². The highest BCUT2D eigenvalue weighted by Gasteiger charge is 2.44. The third-order valence-electron chi connectivity index (χ3n) is 9.15. The van der Waals surface area contributed by atoms with Crippen molar-refractivity contribution in [3.8, 4) is 12.1 Å². The number of carbonyl (C=O) groups excluding carboxylic acids is 1. The summed E-state index contributed by atoms with van der Waals surface area (Å²) in [6.45, 7) is 3.62. The van der Waals surface area contributed by atoms with Gasteiger partial charge in [0.15, 0.2) is 11.7 Å². The maximum Gasteiger partial charge on any atom is 0.282 e. The van der Waals surface area contributed by atoms with Crippen LogP contribution in [-0.2, 0) is 9.53 Å². The minimum atomic E-state index is -1.17. The first kappa shape index (κ1) is 32.3. The number of alkyl halides is 1. The van der Waals surface area contributed by atoms with E-state index in [1.807, 2.05) is 23.1 Å². The van der Waals surface area contributed by atoms with Crippen molar-refractivity contribution in [2.45, 2.75) is 37.1 Å². The van der Waals surface area contributed by atoms with Crippen LogP contribution in [0.2, 0.25) is 5.02 Å². The number of ether oxygens (including phenoxy) is 1. The topological polar surface area (TPSA) is 108 Å². The van der Waals surface area contributed by atoms with Gasteiger partial charge >= 0.3 is 0 Å². The summed E-state index contributed by atoms with van der Waals surface area (Å²) in [5, 5.41) is 21.8. The highest BCUT2D eigenvalue weighted by atomic mass is 35.5. The Kier molecular flexibility index (Phi) is 9.09. The van der Waals surface area contributed by atoms with Gasteiger partial charge in [-0.2, -0.15) is 10.5 Å². The Hall–Kier alpha value is -4.65. The summed E-state index contributed by atoms with van der Waals surface area (Å²) in [7, 11) is 1.78.